The molecule has 1 N–H and O–H groups in total. The summed E-state index contributed by atoms with van der Waals surface area (Å²) >= 11 is 0. The third kappa shape index (κ3) is 3.65. The molecule has 160 valence electrons. The molecule has 1 saturated heterocycles. The number of benzene rings is 1. The number of likely N-dealkylation sites (tertiary alicyclic amines) is 1. The van der Waals surface area contributed by atoms with E-state index in [2.05, 4.69) is 20.2 Å². The SMILES string of the molecule is CCc1ncnc(O[C@H]2CCN(C(=O)c3cc(-c4ccc5c(c4)OCO5)n[nH]3)C2)c1F. The summed E-state index contributed by atoms with van der Waals surface area (Å²) in [5, 5.41) is 7.06. The average molecular weight is 425 g/mol. The van der Waals surface area contributed by atoms with Gasteiger partial charge in [-0.15, -0.1) is 0 Å². The third-order valence-electron chi connectivity index (χ3n) is 5.35. The van der Waals surface area contributed by atoms with E-state index in [4.69, 9.17) is 14.2 Å². The van der Waals surface area contributed by atoms with Gasteiger partial charge in [0, 0.05) is 18.5 Å². The Morgan fingerprint density at radius 1 is 1.29 bits per heavy atom. The van der Waals surface area contributed by atoms with Crippen LogP contribution in [0.2, 0.25) is 0 Å². The van der Waals surface area contributed by atoms with Crippen molar-refractivity contribution >= 4 is 5.91 Å². The lowest BCUT2D eigenvalue weighted by Gasteiger charge is -2.16. The number of aryl methyl sites for hydroxylation is 1. The molecule has 1 fully saturated rings. The first-order valence-electron chi connectivity index (χ1n) is 10.0. The number of rotatable bonds is 5. The number of nitrogens with one attached hydrogen (secondary N) is 1. The highest BCUT2D eigenvalue weighted by molar-refractivity contribution is 5.93. The maximum Gasteiger partial charge on any atom is 0.272 e. The van der Waals surface area contributed by atoms with Gasteiger partial charge in [-0.05, 0) is 30.7 Å². The second-order valence-corrected chi connectivity index (χ2v) is 7.31. The average Bonchev–Trinajstić information content (AvgIpc) is 3.54. The van der Waals surface area contributed by atoms with Crippen molar-refractivity contribution in [3.63, 3.8) is 0 Å². The molecule has 2 aromatic heterocycles. The van der Waals surface area contributed by atoms with Gasteiger partial charge in [0.2, 0.25) is 12.6 Å². The molecule has 0 saturated carbocycles. The fraction of sp³-hybridized carbons (Fsp3) is 0.333. The Balaban J connectivity index is 1.26. The number of aromatic amines is 1. The van der Waals surface area contributed by atoms with Gasteiger partial charge in [0.05, 0.1) is 17.9 Å². The highest BCUT2D eigenvalue weighted by Crippen LogP contribution is 2.35. The second-order valence-electron chi connectivity index (χ2n) is 7.31. The van der Waals surface area contributed by atoms with E-state index in [9.17, 15) is 9.18 Å². The smallest absolute Gasteiger partial charge is 0.272 e. The first-order chi connectivity index (χ1) is 15.1. The molecule has 0 radical (unpaired) electrons. The molecule has 0 aliphatic carbocycles. The number of carbonyl (C=O) groups is 1. The van der Waals surface area contributed by atoms with E-state index in [1.807, 2.05) is 25.1 Å². The monoisotopic (exact) mass is 425 g/mol. The molecule has 5 rings (SSSR count). The fourth-order valence-electron chi connectivity index (χ4n) is 3.69. The molecule has 2 aliphatic rings. The van der Waals surface area contributed by atoms with Crippen molar-refractivity contribution in [3.05, 3.63) is 47.8 Å². The van der Waals surface area contributed by atoms with Crippen LogP contribution in [0, 0.1) is 5.82 Å². The molecule has 0 spiro atoms. The van der Waals surface area contributed by atoms with Crippen LogP contribution in [0.25, 0.3) is 11.3 Å². The Morgan fingerprint density at radius 2 is 2.16 bits per heavy atom. The van der Waals surface area contributed by atoms with Gasteiger partial charge >= 0.3 is 0 Å². The molecule has 1 atom stereocenters. The highest BCUT2D eigenvalue weighted by atomic mass is 19.1. The zero-order valence-corrected chi connectivity index (χ0v) is 16.8. The number of hydrogen-bond acceptors (Lipinski definition) is 7. The molecule has 3 aromatic rings. The first kappa shape index (κ1) is 19.3. The highest BCUT2D eigenvalue weighted by Gasteiger charge is 2.30. The van der Waals surface area contributed by atoms with E-state index in [-0.39, 0.29) is 24.7 Å². The van der Waals surface area contributed by atoms with Crippen molar-refractivity contribution in [3.8, 4) is 28.6 Å². The summed E-state index contributed by atoms with van der Waals surface area (Å²) in [4.78, 5) is 22.4. The molecule has 9 nitrogen and oxygen atoms in total. The van der Waals surface area contributed by atoms with Crippen molar-refractivity contribution in [1.82, 2.24) is 25.1 Å². The number of halogens is 1. The summed E-state index contributed by atoms with van der Waals surface area (Å²) in [5.41, 5.74) is 2.12. The molecule has 1 amide bonds. The van der Waals surface area contributed by atoms with Crippen LogP contribution in [-0.2, 0) is 6.42 Å². The fourth-order valence-corrected chi connectivity index (χ4v) is 3.69. The zero-order chi connectivity index (χ0) is 21.4. The quantitative estimate of drug-likeness (QED) is 0.670. The van der Waals surface area contributed by atoms with Crippen LogP contribution in [0.4, 0.5) is 4.39 Å². The van der Waals surface area contributed by atoms with Gasteiger partial charge in [-0.1, -0.05) is 6.92 Å². The van der Waals surface area contributed by atoms with Gasteiger partial charge in [-0.25, -0.2) is 4.98 Å². The minimum atomic E-state index is -0.545. The molecule has 1 aromatic carbocycles. The van der Waals surface area contributed by atoms with Crippen molar-refractivity contribution in [2.24, 2.45) is 0 Å². The van der Waals surface area contributed by atoms with Crippen LogP contribution in [0.5, 0.6) is 17.4 Å². The maximum absolute atomic E-state index is 14.3. The summed E-state index contributed by atoms with van der Waals surface area (Å²) in [6, 6.07) is 7.20. The third-order valence-corrected chi connectivity index (χ3v) is 5.35. The van der Waals surface area contributed by atoms with Gasteiger partial charge in [0.1, 0.15) is 18.1 Å². The van der Waals surface area contributed by atoms with Crippen molar-refractivity contribution in [1.29, 1.82) is 0 Å². The van der Waals surface area contributed by atoms with Gasteiger partial charge in [-0.2, -0.15) is 14.5 Å². The number of fused-ring (bicyclic) bond motifs is 1. The lowest BCUT2D eigenvalue weighted by Crippen LogP contribution is -2.31. The number of amides is 1. The zero-order valence-electron chi connectivity index (χ0n) is 16.8. The molecule has 10 heteroatoms. The van der Waals surface area contributed by atoms with Crippen LogP contribution >= 0.6 is 0 Å². The summed E-state index contributed by atoms with van der Waals surface area (Å²) in [6.07, 6.45) is 1.98. The Hall–Kier alpha value is -3.69. The molecular formula is C21H20FN5O4. The molecule has 0 unspecified atom stereocenters. The summed E-state index contributed by atoms with van der Waals surface area (Å²) < 4.78 is 30.8. The van der Waals surface area contributed by atoms with Gasteiger partial charge in [0.15, 0.2) is 11.5 Å². The number of carbonyl (C=O) groups excluding carboxylic acids is 1. The topological polar surface area (TPSA) is 102 Å². The second kappa shape index (κ2) is 7.86. The van der Waals surface area contributed by atoms with E-state index in [0.29, 0.717) is 54.5 Å². The molecule has 31 heavy (non-hydrogen) atoms. The minimum absolute atomic E-state index is 0.0715. The van der Waals surface area contributed by atoms with Crippen molar-refractivity contribution in [2.75, 3.05) is 19.9 Å². The van der Waals surface area contributed by atoms with E-state index in [1.165, 1.54) is 6.33 Å². The van der Waals surface area contributed by atoms with Crippen molar-refractivity contribution in [2.45, 2.75) is 25.9 Å². The van der Waals surface area contributed by atoms with Crippen LogP contribution in [0.15, 0.2) is 30.6 Å². The van der Waals surface area contributed by atoms with Crippen LogP contribution < -0.4 is 14.2 Å². The molecule has 2 aliphatic heterocycles. The lowest BCUT2D eigenvalue weighted by atomic mass is 10.1. The molecule has 0 bridgehead atoms. The van der Waals surface area contributed by atoms with E-state index in [1.54, 1.807) is 11.0 Å². The van der Waals surface area contributed by atoms with Gasteiger partial charge < -0.3 is 19.1 Å². The summed E-state index contributed by atoms with van der Waals surface area (Å²) in [7, 11) is 0. The van der Waals surface area contributed by atoms with Gasteiger partial charge in [0.25, 0.3) is 11.8 Å². The van der Waals surface area contributed by atoms with Crippen molar-refractivity contribution < 1.29 is 23.4 Å². The number of hydrogen-bond donors (Lipinski definition) is 1. The Morgan fingerprint density at radius 3 is 3.03 bits per heavy atom. The normalized spacial score (nSPS) is 17.2. The van der Waals surface area contributed by atoms with Crippen LogP contribution in [0.1, 0.15) is 29.5 Å². The Kier molecular flexibility index (Phi) is 4.89. The van der Waals surface area contributed by atoms with E-state index >= 15 is 0 Å². The van der Waals surface area contributed by atoms with E-state index < -0.39 is 5.82 Å². The first-order valence-corrected chi connectivity index (χ1v) is 10.0. The standard InChI is InChI=1S/C21H20FN5O4/c1-2-14-19(22)20(24-10-23-14)31-13-5-6-27(9-13)21(28)16-8-15(25-26-16)12-3-4-17-18(7-12)30-11-29-17/h3-4,7-8,10,13H,2,5-6,9,11H2,1H3,(H,25,26)/t13-/m0/s1. The number of aromatic nitrogens is 4. The number of nitrogens with zero attached hydrogens (tertiary/aromatic N) is 4. The van der Waals surface area contributed by atoms with Gasteiger partial charge in [-0.3, -0.25) is 9.89 Å². The summed E-state index contributed by atoms with van der Waals surface area (Å²) in [5.74, 6) is 0.526. The predicted octanol–water partition coefficient (Wildman–Crippen LogP) is 2.59. The van der Waals surface area contributed by atoms with E-state index in [0.717, 1.165) is 5.56 Å². The number of ether oxygens (including phenoxy) is 3. The maximum atomic E-state index is 14.3. The minimum Gasteiger partial charge on any atom is -0.470 e. The predicted molar refractivity (Wildman–Crippen MR) is 106 cm³/mol. The largest absolute Gasteiger partial charge is 0.470 e. The molecule has 4 heterocycles. The number of H-pyrrole nitrogens is 1. The lowest BCUT2D eigenvalue weighted by molar-refractivity contribution is 0.0764. The Labute approximate surface area is 177 Å². The molecular weight excluding hydrogens is 405 g/mol. The summed E-state index contributed by atoms with van der Waals surface area (Å²) in [6.45, 7) is 2.84. The van der Waals surface area contributed by atoms with Crippen LogP contribution in [0.3, 0.4) is 0 Å². The van der Waals surface area contributed by atoms with Crippen LogP contribution in [-0.4, -0.2) is 57.0 Å². The Bertz CT molecular complexity index is 1130.